The van der Waals surface area contributed by atoms with E-state index in [4.69, 9.17) is 4.74 Å². The van der Waals surface area contributed by atoms with Gasteiger partial charge in [-0.1, -0.05) is 6.07 Å². The van der Waals surface area contributed by atoms with Crippen LogP contribution in [-0.4, -0.2) is 17.1 Å². The van der Waals surface area contributed by atoms with E-state index in [0.29, 0.717) is 13.0 Å². The van der Waals surface area contributed by atoms with E-state index in [9.17, 15) is 4.79 Å². The van der Waals surface area contributed by atoms with Crippen LogP contribution in [0.5, 0.6) is 0 Å². The fourth-order valence-electron chi connectivity index (χ4n) is 2.63. The van der Waals surface area contributed by atoms with Gasteiger partial charge in [-0.3, -0.25) is 4.79 Å². The average molecular weight is 273 g/mol. The summed E-state index contributed by atoms with van der Waals surface area (Å²) >= 11 is 0. The summed E-state index contributed by atoms with van der Waals surface area (Å²) in [6, 6.07) is 6.58. The number of ether oxygens (including phenoxy) is 1. The Hall–Kier alpha value is -1.77. The van der Waals surface area contributed by atoms with Crippen molar-refractivity contribution >= 4 is 16.9 Å². The maximum atomic E-state index is 11.4. The van der Waals surface area contributed by atoms with E-state index in [-0.39, 0.29) is 5.97 Å². The number of carbonyl (C=O) groups excluding carboxylic acids is 1. The standard InChI is InChI=1S/C17H23NO2/c1-5-20-17(19)7-6-10-18-13(3)11-15-14(4)12(2)8-9-16(15)18/h8-9,11H,5-7,10H2,1-4H3. The number of fused-ring (bicyclic) bond motifs is 1. The van der Waals surface area contributed by atoms with Gasteiger partial charge in [0.1, 0.15) is 0 Å². The topological polar surface area (TPSA) is 31.2 Å². The molecule has 3 heteroatoms. The van der Waals surface area contributed by atoms with E-state index in [1.54, 1.807) is 0 Å². The van der Waals surface area contributed by atoms with Crippen LogP contribution in [0.1, 0.15) is 36.6 Å². The van der Waals surface area contributed by atoms with E-state index in [2.05, 4.69) is 43.5 Å². The predicted octanol–water partition coefficient (Wildman–Crippen LogP) is 3.91. The second-order valence-corrected chi connectivity index (χ2v) is 5.29. The van der Waals surface area contributed by atoms with Crippen LogP contribution < -0.4 is 0 Å². The minimum atomic E-state index is -0.103. The van der Waals surface area contributed by atoms with Crippen molar-refractivity contribution in [3.63, 3.8) is 0 Å². The summed E-state index contributed by atoms with van der Waals surface area (Å²) in [6.07, 6.45) is 1.30. The van der Waals surface area contributed by atoms with Crippen LogP contribution >= 0.6 is 0 Å². The van der Waals surface area contributed by atoms with Gasteiger partial charge in [-0.05, 0) is 57.4 Å². The van der Waals surface area contributed by atoms with Gasteiger partial charge in [0.25, 0.3) is 0 Å². The largest absolute Gasteiger partial charge is 0.466 e. The molecule has 0 aliphatic carbocycles. The Kier molecular flexibility index (Phi) is 4.48. The van der Waals surface area contributed by atoms with Gasteiger partial charge in [-0.2, -0.15) is 0 Å². The number of aryl methyl sites for hydroxylation is 4. The Balaban J connectivity index is 2.16. The molecular weight excluding hydrogens is 250 g/mol. The number of aromatic nitrogens is 1. The van der Waals surface area contributed by atoms with Crippen LogP contribution in [0, 0.1) is 20.8 Å². The molecule has 2 aromatic rings. The van der Waals surface area contributed by atoms with E-state index in [0.717, 1.165) is 13.0 Å². The van der Waals surface area contributed by atoms with Gasteiger partial charge in [0.2, 0.25) is 0 Å². The molecule has 0 saturated heterocycles. The molecule has 0 saturated carbocycles. The van der Waals surface area contributed by atoms with E-state index < -0.39 is 0 Å². The Labute approximate surface area is 120 Å². The first-order valence-corrected chi connectivity index (χ1v) is 7.26. The average Bonchev–Trinajstić information content (AvgIpc) is 2.72. The molecule has 20 heavy (non-hydrogen) atoms. The second kappa shape index (κ2) is 6.12. The highest BCUT2D eigenvalue weighted by Crippen LogP contribution is 2.25. The lowest BCUT2D eigenvalue weighted by Gasteiger charge is -2.09. The molecule has 0 aliphatic rings. The van der Waals surface area contributed by atoms with Crippen molar-refractivity contribution in [1.29, 1.82) is 0 Å². The van der Waals surface area contributed by atoms with Crippen molar-refractivity contribution in [2.45, 2.75) is 47.1 Å². The summed E-state index contributed by atoms with van der Waals surface area (Å²) in [5.74, 6) is -0.103. The van der Waals surface area contributed by atoms with Crippen LogP contribution in [0.3, 0.4) is 0 Å². The highest BCUT2D eigenvalue weighted by molar-refractivity contribution is 5.85. The van der Waals surface area contributed by atoms with Crippen LogP contribution in [0.4, 0.5) is 0 Å². The van der Waals surface area contributed by atoms with Crippen molar-refractivity contribution in [1.82, 2.24) is 4.57 Å². The smallest absolute Gasteiger partial charge is 0.305 e. The van der Waals surface area contributed by atoms with Crippen LogP contribution in [-0.2, 0) is 16.1 Å². The molecule has 108 valence electrons. The minimum absolute atomic E-state index is 0.103. The molecule has 1 aromatic heterocycles. The quantitative estimate of drug-likeness (QED) is 0.773. The summed E-state index contributed by atoms with van der Waals surface area (Å²) in [6.45, 7) is 9.59. The molecule has 3 nitrogen and oxygen atoms in total. The molecule has 0 unspecified atom stereocenters. The van der Waals surface area contributed by atoms with E-state index in [1.807, 2.05) is 6.92 Å². The van der Waals surface area contributed by atoms with Crippen molar-refractivity contribution < 1.29 is 9.53 Å². The lowest BCUT2D eigenvalue weighted by Crippen LogP contribution is -2.07. The highest BCUT2D eigenvalue weighted by atomic mass is 16.5. The third-order valence-corrected chi connectivity index (χ3v) is 3.90. The number of carbonyl (C=O) groups is 1. The summed E-state index contributed by atoms with van der Waals surface area (Å²) in [4.78, 5) is 11.4. The molecule has 0 aliphatic heterocycles. The summed E-state index contributed by atoms with van der Waals surface area (Å²) < 4.78 is 7.26. The van der Waals surface area contributed by atoms with Crippen LogP contribution in [0.15, 0.2) is 18.2 Å². The van der Waals surface area contributed by atoms with Gasteiger partial charge in [0, 0.05) is 29.6 Å². The third kappa shape index (κ3) is 2.87. The fraction of sp³-hybridized carbons (Fsp3) is 0.471. The van der Waals surface area contributed by atoms with Crippen LogP contribution in [0.2, 0.25) is 0 Å². The number of rotatable bonds is 5. The van der Waals surface area contributed by atoms with Gasteiger partial charge >= 0.3 is 5.97 Å². The normalized spacial score (nSPS) is 11.0. The third-order valence-electron chi connectivity index (χ3n) is 3.90. The lowest BCUT2D eigenvalue weighted by molar-refractivity contribution is -0.143. The SMILES string of the molecule is CCOC(=O)CCCn1c(C)cc2c(C)c(C)ccc21. The number of nitrogens with zero attached hydrogens (tertiary/aromatic N) is 1. The number of hydrogen-bond acceptors (Lipinski definition) is 2. The fourth-order valence-corrected chi connectivity index (χ4v) is 2.63. The van der Waals surface area contributed by atoms with E-state index in [1.165, 1.54) is 27.7 Å². The van der Waals surface area contributed by atoms with Crippen molar-refractivity contribution in [2.24, 2.45) is 0 Å². The highest BCUT2D eigenvalue weighted by Gasteiger charge is 2.09. The summed E-state index contributed by atoms with van der Waals surface area (Å²) in [5, 5.41) is 1.32. The van der Waals surface area contributed by atoms with Crippen molar-refractivity contribution in [2.75, 3.05) is 6.61 Å². The minimum Gasteiger partial charge on any atom is -0.466 e. The van der Waals surface area contributed by atoms with Gasteiger partial charge < -0.3 is 9.30 Å². The lowest BCUT2D eigenvalue weighted by atomic mass is 10.1. The number of benzene rings is 1. The molecule has 1 aromatic carbocycles. The zero-order valence-corrected chi connectivity index (χ0v) is 12.8. The van der Waals surface area contributed by atoms with Crippen molar-refractivity contribution in [3.8, 4) is 0 Å². The van der Waals surface area contributed by atoms with E-state index >= 15 is 0 Å². The molecule has 0 spiro atoms. The van der Waals surface area contributed by atoms with Crippen LogP contribution in [0.25, 0.3) is 10.9 Å². The first-order chi connectivity index (χ1) is 9.54. The molecule has 0 atom stereocenters. The van der Waals surface area contributed by atoms with Crippen molar-refractivity contribution in [3.05, 3.63) is 35.0 Å². The summed E-state index contributed by atoms with van der Waals surface area (Å²) in [7, 11) is 0. The molecular formula is C17H23NO2. The summed E-state index contributed by atoms with van der Waals surface area (Å²) in [5.41, 5.74) is 5.17. The van der Waals surface area contributed by atoms with Gasteiger partial charge in [-0.15, -0.1) is 0 Å². The molecule has 0 amide bonds. The van der Waals surface area contributed by atoms with Gasteiger partial charge in [-0.25, -0.2) is 0 Å². The molecule has 0 radical (unpaired) electrons. The zero-order chi connectivity index (χ0) is 14.7. The maximum absolute atomic E-state index is 11.4. The number of esters is 1. The molecule has 2 rings (SSSR count). The second-order valence-electron chi connectivity index (χ2n) is 5.29. The van der Waals surface area contributed by atoms with Gasteiger partial charge in [0.15, 0.2) is 0 Å². The number of hydrogen-bond donors (Lipinski definition) is 0. The van der Waals surface area contributed by atoms with Gasteiger partial charge in [0.05, 0.1) is 6.61 Å². The Morgan fingerprint density at radius 3 is 2.70 bits per heavy atom. The first kappa shape index (κ1) is 14.6. The molecule has 1 heterocycles. The first-order valence-electron chi connectivity index (χ1n) is 7.26. The Morgan fingerprint density at radius 2 is 2.00 bits per heavy atom. The predicted molar refractivity (Wildman–Crippen MR) is 82.0 cm³/mol. The molecule has 0 bridgehead atoms. The maximum Gasteiger partial charge on any atom is 0.305 e. The Morgan fingerprint density at radius 1 is 1.25 bits per heavy atom. The zero-order valence-electron chi connectivity index (χ0n) is 12.8. The Bertz CT molecular complexity index is 625. The molecule has 0 N–H and O–H groups in total. The monoisotopic (exact) mass is 273 g/mol. The molecule has 0 fully saturated rings.